The highest BCUT2D eigenvalue weighted by molar-refractivity contribution is 6.13. The van der Waals surface area contributed by atoms with Crippen LogP contribution in [0.25, 0.3) is 17.2 Å². The number of rotatable bonds is 5. The Hall–Kier alpha value is -2.59. The molecule has 2 aromatic carbocycles. The summed E-state index contributed by atoms with van der Waals surface area (Å²) in [6.45, 7) is 7.14. The molecule has 0 unspecified atom stereocenters. The maximum absolute atomic E-state index is 4.32. The monoisotopic (exact) mass is 332 g/mol. The van der Waals surface area contributed by atoms with Crippen molar-refractivity contribution in [1.29, 1.82) is 0 Å². The van der Waals surface area contributed by atoms with Crippen molar-refractivity contribution in [1.82, 2.24) is 10.7 Å². The van der Waals surface area contributed by atoms with Crippen LogP contribution in [0.1, 0.15) is 25.0 Å². The molecule has 4 heteroatoms. The number of hydrogen-bond donors (Lipinski definition) is 2. The van der Waals surface area contributed by atoms with E-state index in [0.29, 0.717) is 5.92 Å². The lowest BCUT2D eigenvalue weighted by molar-refractivity contribution is 0.552. The first kappa shape index (κ1) is 15.9. The average molecular weight is 332 g/mol. The number of nitrogens with one attached hydrogen (secondary N) is 2. The first-order valence-corrected chi connectivity index (χ1v) is 8.91. The van der Waals surface area contributed by atoms with Crippen molar-refractivity contribution in [2.24, 2.45) is 11.0 Å². The first-order valence-electron chi connectivity index (χ1n) is 8.91. The van der Waals surface area contributed by atoms with Crippen LogP contribution in [-0.2, 0) is 6.54 Å². The molecule has 0 saturated heterocycles. The van der Waals surface area contributed by atoms with Gasteiger partial charge in [0.05, 0.1) is 5.69 Å². The Bertz CT molecular complexity index is 836. The quantitative estimate of drug-likeness (QED) is 0.875. The van der Waals surface area contributed by atoms with Gasteiger partial charge in [0, 0.05) is 12.1 Å². The summed E-state index contributed by atoms with van der Waals surface area (Å²) in [5.41, 5.74) is 9.39. The van der Waals surface area contributed by atoms with Crippen LogP contribution >= 0.6 is 0 Å². The first-order chi connectivity index (χ1) is 12.2. The minimum Gasteiger partial charge on any atom is -0.312 e. The third-order valence-corrected chi connectivity index (χ3v) is 4.59. The van der Waals surface area contributed by atoms with Gasteiger partial charge in [-0.05, 0) is 53.4 Å². The molecule has 0 radical (unpaired) electrons. The Labute approximate surface area is 149 Å². The SMILES string of the molecule is CC(C)CNCc1cccc(-c2cccc3c2C=CC2=NNCN23)c1. The third kappa shape index (κ3) is 3.17. The van der Waals surface area contributed by atoms with Crippen LogP contribution < -0.4 is 15.6 Å². The van der Waals surface area contributed by atoms with Crippen molar-refractivity contribution in [3.05, 3.63) is 59.7 Å². The zero-order valence-electron chi connectivity index (χ0n) is 14.8. The summed E-state index contributed by atoms with van der Waals surface area (Å²) in [7, 11) is 0. The molecule has 2 aromatic rings. The summed E-state index contributed by atoms with van der Waals surface area (Å²) in [6.07, 6.45) is 4.26. The molecule has 0 amide bonds. The highest BCUT2D eigenvalue weighted by atomic mass is 15.5. The van der Waals surface area contributed by atoms with E-state index in [1.165, 1.54) is 27.9 Å². The second-order valence-electron chi connectivity index (χ2n) is 7.01. The number of benzene rings is 2. The van der Waals surface area contributed by atoms with Gasteiger partial charge < -0.3 is 10.2 Å². The summed E-state index contributed by atoms with van der Waals surface area (Å²) in [5, 5.41) is 7.84. The van der Waals surface area contributed by atoms with Crippen LogP contribution in [-0.4, -0.2) is 19.0 Å². The molecular formula is C21H24N4. The Morgan fingerprint density at radius 1 is 1.16 bits per heavy atom. The Morgan fingerprint density at radius 3 is 2.92 bits per heavy atom. The van der Waals surface area contributed by atoms with Crippen molar-refractivity contribution < 1.29 is 0 Å². The molecule has 0 saturated carbocycles. The molecule has 0 aromatic heterocycles. The second-order valence-corrected chi connectivity index (χ2v) is 7.01. The molecule has 2 N–H and O–H groups in total. The molecule has 0 fully saturated rings. The van der Waals surface area contributed by atoms with E-state index in [2.05, 4.69) is 89.2 Å². The number of fused-ring (bicyclic) bond motifs is 3. The predicted octanol–water partition coefficient (Wildman–Crippen LogP) is 3.81. The van der Waals surface area contributed by atoms with Crippen molar-refractivity contribution in [3.63, 3.8) is 0 Å². The molecule has 0 aliphatic carbocycles. The van der Waals surface area contributed by atoms with Gasteiger partial charge in [-0.1, -0.05) is 44.2 Å². The average Bonchev–Trinajstić information content (AvgIpc) is 3.10. The molecule has 0 spiro atoms. The van der Waals surface area contributed by atoms with Crippen molar-refractivity contribution in [3.8, 4) is 11.1 Å². The van der Waals surface area contributed by atoms with Gasteiger partial charge in [-0.3, -0.25) is 5.43 Å². The fourth-order valence-electron chi connectivity index (χ4n) is 3.39. The number of hydrogen-bond acceptors (Lipinski definition) is 4. The van der Waals surface area contributed by atoms with Gasteiger partial charge in [-0.25, -0.2) is 0 Å². The summed E-state index contributed by atoms with van der Waals surface area (Å²) >= 11 is 0. The highest BCUT2D eigenvalue weighted by Gasteiger charge is 2.23. The normalized spacial score (nSPS) is 15.0. The molecule has 2 aliphatic heterocycles. The Balaban J connectivity index is 1.65. The van der Waals surface area contributed by atoms with Gasteiger partial charge in [0.1, 0.15) is 6.67 Å². The molecule has 128 valence electrons. The van der Waals surface area contributed by atoms with Crippen LogP contribution in [0.15, 0.2) is 53.6 Å². The van der Waals surface area contributed by atoms with Gasteiger partial charge in [0.2, 0.25) is 0 Å². The number of nitrogens with zero attached hydrogens (tertiary/aromatic N) is 2. The van der Waals surface area contributed by atoms with E-state index < -0.39 is 0 Å². The minimum atomic E-state index is 0.666. The minimum absolute atomic E-state index is 0.666. The molecule has 4 nitrogen and oxygen atoms in total. The van der Waals surface area contributed by atoms with Crippen LogP contribution in [0.2, 0.25) is 0 Å². The summed E-state index contributed by atoms with van der Waals surface area (Å²) in [4.78, 5) is 2.22. The van der Waals surface area contributed by atoms with E-state index in [-0.39, 0.29) is 0 Å². The van der Waals surface area contributed by atoms with Crippen LogP contribution in [0, 0.1) is 5.92 Å². The van der Waals surface area contributed by atoms with E-state index >= 15 is 0 Å². The number of anilines is 1. The second kappa shape index (κ2) is 6.73. The lowest BCUT2D eigenvalue weighted by atomic mass is 9.94. The molecule has 25 heavy (non-hydrogen) atoms. The molecule has 0 atom stereocenters. The molecule has 2 aliphatic rings. The zero-order valence-corrected chi connectivity index (χ0v) is 14.8. The number of hydrazone groups is 1. The van der Waals surface area contributed by atoms with Crippen molar-refractivity contribution >= 4 is 17.6 Å². The standard InChI is InChI=1S/C21H24N4/c1-15(2)12-22-13-16-5-3-6-17(11-16)18-7-4-8-20-19(18)9-10-21-24-23-14-25(20)21/h3-11,15,22-23H,12-14H2,1-2H3. The molecule has 2 heterocycles. The smallest absolute Gasteiger partial charge is 0.154 e. The van der Waals surface area contributed by atoms with Crippen LogP contribution in [0.3, 0.4) is 0 Å². The van der Waals surface area contributed by atoms with Crippen molar-refractivity contribution in [2.45, 2.75) is 20.4 Å². The molecular weight excluding hydrogens is 308 g/mol. The van der Waals surface area contributed by atoms with Crippen molar-refractivity contribution in [2.75, 3.05) is 18.1 Å². The van der Waals surface area contributed by atoms with E-state index in [1.807, 2.05) is 0 Å². The fourth-order valence-corrected chi connectivity index (χ4v) is 3.39. The lowest BCUT2D eigenvalue weighted by Crippen LogP contribution is -2.30. The Kier molecular flexibility index (Phi) is 4.28. The van der Waals surface area contributed by atoms with E-state index in [1.54, 1.807) is 0 Å². The lowest BCUT2D eigenvalue weighted by Gasteiger charge is -2.25. The van der Waals surface area contributed by atoms with E-state index in [4.69, 9.17) is 0 Å². The Morgan fingerprint density at radius 2 is 2.04 bits per heavy atom. The largest absolute Gasteiger partial charge is 0.312 e. The third-order valence-electron chi connectivity index (χ3n) is 4.59. The summed E-state index contributed by atoms with van der Waals surface area (Å²) < 4.78 is 0. The maximum atomic E-state index is 4.32. The van der Waals surface area contributed by atoms with Gasteiger partial charge in [0.25, 0.3) is 0 Å². The fraction of sp³-hybridized carbons (Fsp3) is 0.286. The van der Waals surface area contributed by atoms with Gasteiger partial charge in [0.15, 0.2) is 5.84 Å². The van der Waals surface area contributed by atoms with E-state index in [0.717, 1.165) is 25.6 Å². The van der Waals surface area contributed by atoms with Crippen LogP contribution in [0.4, 0.5) is 5.69 Å². The van der Waals surface area contributed by atoms with Gasteiger partial charge in [-0.15, -0.1) is 0 Å². The summed E-state index contributed by atoms with van der Waals surface area (Å²) in [6, 6.07) is 15.3. The van der Waals surface area contributed by atoms with E-state index in [9.17, 15) is 0 Å². The maximum Gasteiger partial charge on any atom is 0.154 e. The zero-order chi connectivity index (χ0) is 17.2. The molecule has 0 bridgehead atoms. The molecule has 4 rings (SSSR count). The van der Waals surface area contributed by atoms with Gasteiger partial charge >= 0.3 is 0 Å². The topological polar surface area (TPSA) is 39.7 Å². The summed E-state index contributed by atoms with van der Waals surface area (Å²) in [5.74, 6) is 1.65. The van der Waals surface area contributed by atoms with Gasteiger partial charge in [-0.2, -0.15) is 5.10 Å². The van der Waals surface area contributed by atoms with Crippen LogP contribution in [0.5, 0.6) is 0 Å². The number of amidine groups is 1. The predicted molar refractivity (Wildman–Crippen MR) is 105 cm³/mol. The highest BCUT2D eigenvalue weighted by Crippen LogP contribution is 2.36.